The topological polar surface area (TPSA) is 111 Å². The highest BCUT2D eigenvalue weighted by atomic mass is 31.2. The second kappa shape index (κ2) is 47.6. The molecule has 3 atom stereocenters. The minimum Gasteiger partial charge on any atom is -0.456 e. The standard InChI is InChI=1S/C57H107N2O7P/c1-7-10-13-16-19-22-25-27-28-29-30-32-35-38-41-44-47-50-57(61)66-55(48-45-42-39-36-33-24-21-18-15-12-9-3)54(53-65-67(62,63)64-52-51-59(4,5)6)58-56(60)49-46-43-40-37-34-31-26-23-20-17-14-11-8-2/h27-28,31,34,40,43,45,48,54-55H,7-26,29-30,32-33,35-39,41-42,44,46-47,49-53H2,1-6H3,(H-,58,60,62,63)/p+1/b28-27+,34-31-,43-40+,48-45+. The van der Waals surface area contributed by atoms with Crippen molar-refractivity contribution in [2.24, 2.45) is 0 Å². The average molecular weight is 964 g/mol. The van der Waals surface area contributed by atoms with Crippen LogP contribution in [0.5, 0.6) is 0 Å². The van der Waals surface area contributed by atoms with Gasteiger partial charge in [-0.3, -0.25) is 18.6 Å². The van der Waals surface area contributed by atoms with Gasteiger partial charge in [0.1, 0.15) is 19.3 Å². The van der Waals surface area contributed by atoms with E-state index in [2.05, 4.69) is 56.5 Å². The number of rotatable bonds is 50. The maximum Gasteiger partial charge on any atom is 0.472 e. The number of likely N-dealkylation sites (N-methyl/N-ethyl adjacent to an activating group) is 1. The van der Waals surface area contributed by atoms with Crippen molar-refractivity contribution in [3.63, 3.8) is 0 Å². The van der Waals surface area contributed by atoms with Crippen LogP contribution in [-0.4, -0.2) is 74.3 Å². The molecule has 0 rings (SSSR count). The Hall–Kier alpha value is -2.03. The lowest BCUT2D eigenvalue weighted by Crippen LogP contribution is -2.47. The number of allylic oxidation sites excluding steroid dienone is 7. The summed E-state index contributed by atoms with van der Waals surface area (Å²) in [6.07, 6.45) is 56.9. The number of amides is 1. The molecular weight excluding hydrogens is 856 g/mol. The van der Waals surface area contributed by atoms with E-state index in [0.717, 1.165) is 64.2 Å². The minimum absolute atomic E-state index is 0.0304. The van der Waals surface area contributed by atoms with Gasteiger partial charge in [0.25, 0.3) is 0 Å². The van der Waals surface area contributed by atoms with Crippen LogP contribution in [0.15, 0.2) is 48.6 Å². The lowest BCUT2D eigenvalue weighted by molar-refractivity contribution is -0.870. The molecule has 0 radical (unpaired) electrons. The molecule has 2 N–H and O–H groups in total. The quantitative estimate of drug-likeness (QED) is 0.0205. The summed E-state index contributed by atoms with van der Waals surface area (Å²) >= 11 is 0. The zero-order valence-electron chi connectivity index (χ0n) is 44.6. The van der Waals surface area contributed by atoms with E-state index in [4.69, 9.17) is 13.8 Å². The Kier molecular flexibility index (Phi) is 46.2. The van der Waals surface area contributed by atoms with Gasteiger partial charge in [-0.05, 0) is 76.7 Å². The van der Waals surface area contributed by atoms with Gasteiger partial charge in [-0.1, -0.05) is 211 Å². The highest BCUT2D eigenvalue weighted by molar-refractivity contribution is 7.47. The first-order valence-electron chi connectivity index (χ1n) is 28.0. The smallest absolute Gasteiger partial charge is 0.456 e. The highest BCUT2D eigenvalue weighted by Gasteiger charge is 2.30. The number of phosphoric ester groups is 1. The van der Waals surface area contributed by atoms with E-state index < -0.39 is 20.0 Å². The summed E-state index contributed by atoms with van der Waals surface area (Å²) in [5.74, 6) is -0.586. The van der Waals surface area contributed by atoms with Crippen LogP contribution in [0.1, 0.15) is 252 Å². The van der Waals surface area contributed by atoms with Crippen molar-refractivity contribution in [2.45, 2.75) is 264 Å². The first kappa shape index (κ1) is 65.0. The number of nitrogens with one attached hydrogen (secondary N) is 1. The van der Waals surface area contributed by atoms with Crippen LogP contribution in [0.2, 0.25) is 0 Å². The number of phosphoric acid groups is 1. The van der Waals surface area contributed by atoms with Gasteiger partial charge in [0.2, 0.25) is 5.91 Å². The number of unbranched alkanes of at least 4 members (excludes halogenated alkanes) is 28. The molecule has 67 heavy (non-hydrogen) atoms. The van der Waals surface area contributed by atoms with Crippen LogP contribution < -0.4 is 5.32 Å². The van der Waals surface area contributed by atoms with Crippen LogP contribution in [0, 0.1) is 0 Å². The van der Waals surface area contributed by atoms with Gasteiger partial charge >= 0.3 is 13.8 Å². The molecule has 0 saturated heterocycles. The predicted octanol–water partition coefficient (Wildman–Crippen LogP) is 16.6. The van der Waals surface area contributed by atoms with E-state index in [0.29, 0.717) is 17.4 Å². The number of nitrogens with zero attached hydrogens (tertiary/aromatic N) is 1. The lowest BCUT2D eigenvalue weighted by atomic mass is 10.1. The average Bonchev–Trinajstić information content (AvgIpc) is 3.28. The molecule has 0 aromatic carbocycles. The number of ether oxygens (including phenoxy) is 1. The van der Waals surface area contributed by atoms with E-state index in [1.807, 2.05) is 39.4 Å². The third-order valence-electron chi connectivity index (χ3n) is 12.3. The van der Waals surface area contributed by atoms with Crippen molar-refractivity contribution in [3.05, 3.63) is 48.6 Å². The Labute approximate surface area is 414 Å². The fourth-order valence-corrected chi connectivity index (χ4v) is 8.60. The number of carbonyl (C=O) groups is 2. The maximum absolute atomic E-state index is 13.4. The Bertz CT molecular complexity index is 1290. The molecule has 0 saturated carbocycles. The first-order valence-corrected chi connectivity index (χ1v) is 29.5. The van der Waals surface area contributed by atoms with E-state index in [1.165, 1.54) is 148 Å². The third kappa shape index (κ3) is 48.8. The summed E-state index contributed by atoms with van der Waals surface area (Å²) in [6, 6.07) is -0.877. The molecule has 9 nitrogen and oxygen atoms in total. The van der Waals surface area contributed by atoms with Gasteiger partial charge in [-0.2, -0.15) is 0 Å². The van der Waals surface area contributed by atoms with Gasteiger partial charge in [-0.25, -0.2) is 4.57 Å². The summed E-state index contributed by atoms with van der Waals surface area (Å²) in [6.45, 7) is 6.94. The van der Waals surface area contributed by atoms with Gasteiger partial charge in [0.05, 0.1) is 33.8 Å². The SMILES string of the molecule is CCCCCCCC/C=C\C/C=C/CCC(=O)NC(COP(=O)(O)OCC[N+](C)(C)C)C(/C=C/CCCCCCCCCCC)OC(=O)CCCCCCCCC/C=C/CCCCCCCC. The number of hydrogen-bond donors (Lipinski definition) is 2. The van der Waals surface area contributed by atoms with Crippen molar-refractivity contribution in [1.82, 2.24) is 5.32 Å². The number of esters is 1. The molecule has 0 fully saturated rings. The van der Waals surface area contributed by atoms with E-state index in [1.54, 1.807) is 0 Å². The summed E-state index contributed by atoms with van der Waals surface area (Å²) in [5.41, 5.74) is 0. The van der Waals surface area contributed by atoms with Gasteiger partial charge in [0, 0.05) is 12.8 Å². The van der Waals surface area contributed by atoms with Crippen molar-refractivity contribution < 1.29 is 37.3 Å². The molecule has 0 aliphatic heterocycles. The molecule has 0 aromatic heterocycles. The molecular formula is C57H108N2O7P+. The summed E-state index contributed by atoms with van der Waals surface area (Å²) in [4.78, 5) is 37.4. The fraction of sp³-hybridized carbons (Fsp3) is 0.825. The van der Waals surface area contributed by atoms with Crippen LogP contribution in [0.4, 0.5) is 0 Å². The summed E-state index contributed by atoms with van der Waals surface area (Å²) < 4.78 is 30.5. The Balaban J connectivity index is 5.39. The lowest BCUT2D eigenvalue weighted by Gasteiger charge is -2.27. The molecule has 0 heterocycles. The molecule has 0 aliphatic carbocycles. The maximum atomic E-state index is 13.4. The zero-order chi connectivity index (χ0) is 49.4. The van der Waals surface area contributed by atoms with Gasteiger partial charge in [0.15, 0.2) is 0 Å². The van der Waals surface area contributed by atoms with Crippen LogP contribution in [-0.2, 0) is 27.9 Å². The predicted molar refractivity (Wildman–Crippen MR) is 286 cm³/mol. The molecule has 0 bridgehead atoms. The summed E-state index contributed by atoms with van der Waals surface area (Å²) in [7, 11) is 1.46. The minimum atomic E-state index is -4.45. The monoisotopic (exact) mass is 964 g/mol. The van der Waals surface area contributed by atoms with E-state index in [9.17, 15) is 19.0 Å². The Morgan fingerprint density at radius 1 is 0.522 bits per heavy atom. The number of carbonyl (C=O) groups excluding carboxylic acids is 2. The van der Waals surface area contributed by atoms with Crippen molar-refractivity contribution >= 4 is 19.7 Å². The van der Waals surface area contributed by atoms with Crippen LogP contribution in [0.25, 0.3) is 0 Å². The van der Waals surface area contributed by atoms with E-state index >= 15 is 0 Å². The summed E-state index contributed by atoms with van der Waals surface area (Å²) in [5, 5.41) is 3.00. The molecule has 392 valence electrons. The van der Waals surface area contributed by atoms with Crippen LogP contribution in [0.3, 0.4) is 0 Å². The fourth-order valence-electron chi connectivity index (χ4n) is 7.87. The second-order valence-electron chi connectivity index (χ2n) is 20.1. The number of hydrogen-bond acceptors (Lipinski definition) is 6. The Morgan fingerprint density at radius 2 is 0.925 bits per heavy atom. The van der Waals surface area contributed by atoms with Gasteiger partial charge < -0.3 is 19.4 Å². The van der Waals surface area contributed by atoms with Crippen molar-refractivity contribution in [3.8, 4) is 0 Å². The zero-order valence-corrected chi connectivity index (χ0v) is 45.5. The molecule has 10 heteroatoms. The van der Waals surface area contributed by atoms with Crippen LogP contribution >= 0.6 is 7.82 Å². The molecule has 1 amide bonds. The second-order valence-corrected chi connectivity index (χ2v) is 21.6. The largest absolute Gasteiger partial charge is 0.472 e. The molecule has 0 aromatic rings. The molecule has 0 spiro atoms. The van der Waals surface area contributed by atoms with Crippen molar-refractivity contribution in [1.29, 1.82) is 0 Å². The van der Waals surface area contributed by atoms with E-state index in [-0.39, 0.29) is 37.9 Å². The normalized spacial score (nSPS) is 14.2. The highest BCUT2D eigenvalue weighted by Crippen LogP contribution is 2.43. The molecule has 3 unspecified atom stereocenters. The third-order valence-corrected chi connectivity index (χ3v) is 13.2. The Morgan fingerprint density at radius 3 is 1.39 bits per heavy atom. The first-order chi connectivity index (χ1) is 32.4. The van der Waals surface area contributed by atoms with Crippen molar-refractivity contribution in [2.75, 3.05) is 40.9 Å². The van der Waals surface area contributed by atoms with Gasteiger partial charge in [-0.15, -0.1) is 0 Å². The molecule has 0 aliphatic rings. The number of quaternary nitrogens is 1.